The Morgan fingerprint density at radius 1 is 1.00 bits per heavy atom. The Labute approximate surface area is 88.8 Å². The van der Waals surface area contributed by atoms with Gasteiger partial charge in [0, 0.05) is 41.8 Å². The van der Waals surface area contributed by atoms with Crippen molar-refractivity contribution in [3.8, 4) is 0 Å². The van der Waals surface area contributed by atoms with Gasteiger partial charge in [0.25, 0.3) is 0 Å². The monoisotopic (exact) mass is 252 g/mol. The minimum atomic E-state index is -2.97. The minimum absolute atomic E-state index is 0. The van der Waals surface area contributed by atoms with Crippen LogP contribution in [0.25, 0.3) is 0 Å². The SMILES string of the molecule is O=C([O-])CC(O)(CC(=O)[O-])C(=O)[O-].[Cu]. The summed E-state index contributed by atoms with van der Waals surface area (Å²) in [5, 5.41) is 38.9. The second-order valence-electron chi connectivity index (χ2n) is 2.42. The van der Waals surface area contributed by atoms with Crippen LogP contribution in [0.2, 0.25) is 0 Å². The van der Waals surface area contributed by atoms with Crippen LogP contribution in [-0.2, 0) is 31.5 Å². The van der Waals surface area contributed by atoms with Crippen LogP contribution in [0, 0.1) is 0 Å². The summed E-state index contributed by atoms with van der Waals surface area (Å²) in [4.78, 5) is 30.0. The molecular weight excluding hydrogens is 248 g/mol. The fraction of sp³-hybridized carbons (Fsp3) is 0.500. The van der Waals surface area contributed by atoms with Crippen molar-refractivity contribution in [1.82, 2.24) is 0 Å². The zero-order valence-corrected chi connectivity index (χ0v) is 7.55. The molecule has 0 saturated carbocycles. The van der Waals surface area contributed by atoms with E-state index >= 15 is 0 Å². The van der Waals surface area contributed by atoms with Gasteiger partial charge in [-0.25, -0.2) is 0 Å². The third-order valence-corrected chi connectivity index (χ3v) is 1.25. The fourth-order valence-electron chi connectivity index (χ4n) is 0.684. The maximum absolute atomic E-state index is 10.1. The second-order valence-corrected chi connectivity index (χ2v) is 2.42. The number of rotatable bonds is 5. The minimum Gasteiger partial charge on any atom is -0.550 e. The van der Waals surface area contributed by atoms with E-state index in [1.807, 2.05) is 0 Å². The number of carboxylic acids is 3. The van der Waals surface area contributed by atoms with Crippen molar-refractivity contribution >= 4 is 17.9 Å². The Kier molecular flexibility index (Phi) is 6.13. The van der Waals surface area contributed by atoms with Crippen molar-refractivity contribution in [2.45, 2.75) is 18.4 Å². The van der Waals surface area contributed by atoms with Gasteiger partial charge < -0.3 is 34.8 Å². The normalized spacial score (nSPS) is 10.1. The van der Waals surface area contributed by atoms with E-state index in [-0.39, 0.29) is 17.1 Å². The molecule has 0 aliphatic heterocycles. The van der Waals surface area contributed by atoms with E-state index in [2.05, 4.69) is 0 Å². The molecule has 1 N–H and O–H groups in total. The first kappa shape index (κ1) is 15.4. The van der Waals surface area contributed by atoms with Crippen molar-refractivity contribution in [3.05, 3.63) is 0 Å². The van der Waals surface area contributed by atoms with Crippen LogP contribution < -0.4 is 15.3 Å². The number of carbonyl (C=O) groups is 3. The molecule has 8 heteroatoms. The van der Waals surface area contributed by atoms with E-state index in [0.717, 1.165) is 0 Å². The van der Waals surface area contributed by atoms with Crippen LogP contribution in [0.1, 0.15) is 12.8 Å². The predicted molar refractivity (Wildman–Crippen MR) is 29.2 cm³/mol. The average molecular weight is 253 g/mol. The third-order valence-electron chi connectivity index (χ3n) is 1.25. The molecule has 0 spiro atoms. The van der Waals surface area contributed by atoms with E-state index in [1.165, 1.54) is 0 Å². The maximum atomic E-state index is 10.1. The summed E-state index contributed by atoms with van der Waals surface area (Å²) in [7, 11) is 0. The zero-order valence-electron chi connectivity index (χ0n) is 6.61. The van der Waals surface area contributed by atoms with E-state index < -0.39 is 36.4 Å². The van der Waals surface area contributed by atoms with E-state index in [9.17, 15) is 29.7 Å². The van der Waals surface area contributed by atoms with Gasteiger partial charge in [0.05, 0.1) is 5.97 Å². The smallest absolute Gasteiger partial charge is 0.114 e. The molecule has 1 radical (unpaired) electrons. The van der Waals surface area contributed by atoms with Gasteiger partial charge in [0.1, 0.15) is 5.60 Å². The molecule has 0 aromatic carbocycles. The number of carboxylic acid groups (broad SMARTS) is 3. The first-order chi connectivity index (χ1) is 5.78. The van der Waals surface area contributed by atoms with Gasteiger partial charge >= 0.3 is 0 Å². The summed E-state index contributed by atoms with van der Waals surface area (Å²) >= 11 is 0. The Bertz CT molecular complexity index is 233. The molecule has 0 aliphatic rings. The summed E-state index contributed by atoms with van der Waals surface area (Å²) < 4.78 is 0. The van der Waals surface area contributed by atoms with Crippen LogP contribution in [-0.4, -0.2) is 28.6 Å². The molecule has 7 nitrogen and oxygen atoms in total. The molecule has 0 bridgehead atoms. The second kappa shape index (κ2) is 5.58. The number of aliphatic carboxylic acids is 3. The molecule has 0 aromatic rings. The Balaban J connectivity index is 0. The summed E-state index contributed by atoms with van der Waals surface area (Å²) in [5.74, 6) is -5.98. The standard InChI is InChI=1S/C6H8O7.Cu/c7-3(8)1-6(13,5(11)12)2-4(9)10;/h13H,1-2H2,(H,7,8)(H,9,10)(H,11,12);/p-3. The largest absolute Gasteiger partial charge is 0.550 e. The number of hydrogen-bond acceptors (Lipinski definition) is 7. The predicted octanol–water partition coefficient (Wildman–Crippen LogP) is -5.26. The summed E-state index contributed by atoms with van der Waals surface area (Å²) in [6.07, 6.45) is -2.72. The van der Waals surface area contributed by atoms with Crippen LogP contribution in [0.3, 0.4) is 0 Å². The van der Waals surface area contributed by atoms with Crippen molar-refractivity contribution in [1.29, 1.82) is 0 Å². The van der Waals surface area contributed by atoms with Gasteiger partial charge in [0.15, 0.2) is 0 Å². The van der Waals surface area contributed by atoms with E-state index in [1.54, 1.807) is 0 Å². The zero-order chi connectivity index (χ0) is 10.6. The number of aliphatic hydroxyl groups is 1. The molecule has 14 heavy (non-hydrogen) atoms. The Hall–Kier alpha value is -1.11. The van der Waals surface area contributed by atoms with E-state index in [0.29, 0.717) is 0 Å². The number of carbonyl (C=O) groups excluding carboxylic acids is 3. The van der Waals surface area contributed by atoms with Crippen LogP contribution >= 0.6 is 0 Å². The van der Waals surface area contributed by atoms with Gasteiger partial charge in [-0.1, -0.05) is 0 Å². The molecule has 85 valence electrons. The molecule has 0 amide bonds. The van der Waals surface area contributed by atoms with Gasteiger partial charge in [-0.05, 0) is 0 Å². The van der Waals surface area contributed by atoms with Gasteiger partial charge in [0.2, 0.25) is 0 Å². The van der Waals surface area contributed by atoms with Crippen molar-refractivity contribution in [2.75, 3.05) is 0 Å². The molecule has 0 saturated heterocycles. The molecule has 0 rings (SSSR count). The first-order valence-electron chi connectivity index (χ1n) is 3.11. The fourth-order valence-corrected chi connectivity index (χ4v) is 0.684. The van der Waals surface area contributed by atoms with Gasteiger partial charge in [-0.3, -0.25) is 0 Å². The number of hydrogen-bond donors (Lipinski definition) is 1. The van der Waals surface area contributed by atoms with Crippen LogP contribution in [0.15, 0.2) is 0 Å². The van der Waals surface area contributed by atoms with E-state index in [4.69, 9.17) is 5.11 Å². The van der Waals surface area contributed by atoms with Gasteiger partial charge in [-0.2, -0.15) is 0 Å². The Morgan fingerprint density at radius 2 is 1.29 bits per heavy atom. The molecule has 0 atom stereocenters. The maximum Gasteiger partial charge on any atom is 0.114 e. The van der Waals surface area contributed by atoms with Crippen LogP contribution in [0.4, 0.5) is 0 Å². The molecule has 0 heterocycles. The third kappa shape index (κ3) is 4.80. The Morgan fingerprint density at radius 3 is 1.43 bits per heavy atom. The molecule has 0 aliphatic carbocycles. The molecule has 0 aromatic heterocycles. The molecule has 0 fully saturated rings. The first-order valence-corrected chi connectivity index (χ1v) is 3.11. The topological polar surface area (TPSA) is 141 Å². The summed E-state index contributed by atoms with van der Waals surface area (Å²) in [5.41, 5.74) is -2.97. The molecular formula is C6H5CuO7-3. The van der Waals surface area contributed by atoms with Crippen molar-refractivity contribution in [2.24, 2.45) is 0 Å². The average Bonchev–Trinajstić information content (AvgIpc) is 1.82. The summed E-state index contributed by atoms with van der Waals surface area (Å²) in [6.45, 7) is 0. The van der Waals surface area contributed by atoms with Crippen molar-refractivity contribution in [3.63, 3.8) is 0 Å². The van der Waals surface area contributed by atoms with Crippen LogP contribution in [0.5, 0.6) is 0 Å². The quantitative estimate of drug-likeness (QED) is 0.482. The van der Waals surface area contributed by atoms with Gasteiger partial charge in [-0.15, -0.1) is 0 Å². The molecule has 0 unspecified atom stereocenters. The van der Waals surface area contributed by atoms with Crippen molar-refractivity contribution < 1.29 is 51.9 Å². The summed E-state index contributed by atoms with van der Waals surface area (Å²) in [6, 6.07) is 0.